The highest BCUT2D eigenvalue weighted by atomic mass is 35.5. The normalized spacial score (nSPS) is 12.5. The van der Waals surface area contributed by atoms with Gasteiger partial charge in [-0.1, -0.05) is 48.0 Å². The Bertz CT molecular complexity index is 1030. The van der Waals surface area contributed by atoms with Crippen molar-refractivity contribution in [3.63, 3.8) is 0 Å². The van der Waals surface area contributed by atoms with Gasteiger partial charge in [0.05, 0.1) is 12.0 Å². The highest BCUT2D eigenvalue weighted by Crippen LogP contribution is 2.39. The molecule has 0 saturated carbocycles. The summed E-state index contributed by atoms with van der Waals surface area (Å²) in [5.74, 6) is -0.334. The fourth-order valence-electron chi connectivity index (χ4n) is 3.44. The van der Waals surface area contributed by atoms with Gasteiger partial charge < -0.3 is 10.6 Å². The van der Waals surface area contributed by atoms with Crippen molar-refractivity contribution in [3.8, 4) is 0 Å². The number of nitrogens with one attached hydrogen (secondary N) is 2. The summed E-state index contributed by atoms with van der Waals surface area (Å²) in [4.78, 5) is 26.7. The molecule has 3 aromatic rings. The van der Waals surface area contributed by atoms with Crippen LogP contribution in [-0.2, 0) is 24.1 Å². The molecule has 0 atom stereocenters. The molecule has 2 N–H and O–H groups in total. The number of amides is 2. The molecule has 4 rings (SSSR count). The number of halogens is 1. The van der Waals surface area contributed by atoms with Crippen LogP contribution in [0.1, 0.15) is 32.8 Å². The molecule has 28 heavy (non-hydrogen) atoms. The first kappa shape index (κ1) is 18.7. The molecule has 2 amide bonds. The average molecular weight is 411 g/mol. The van der Waals surface area contributed by atoms with Crippen molar-refractivity contribution in [2.45, 2.75) is 25.7 Å². The Morgan fingerprint density at radius 1 is 1.00 bits per heavy atom. The van der Waals surface area contributed by atoms with Crippen molar-refractivity contribution in [3.05, 3.63) is 81.2 Å². The molecule has 1 aliphatic carbocycles. The van der Waals surface area contributed by atoms with Gasteiger partial charge in [-0.15, -0.1) is 11.3 Å². The molecule has 0 radical (unpaired) electrons. The quantitative estimate of drug-likeness (QED) is 0.597. The van der Waals surface area contributed by atoms with Crippen LogP contribution in [0.25, 0.3) is 0 Å². The maximum Gasteiger partial charge on any atom is 0.258 e. The predicted molar refractivity (Wildman–Crippen MR) is 115 cm³/mol. The second-order valence-electron chi connectivity index (χ2n) is 6.74. The van der Waals surface area contributed by atoms with E-state index < -0.39 is 0 Å². The number of hydrogen-bond donors (Lipinski definition) is 2. The number of hydrogen-bond acceptors (Lipinski definition) is 3. The minimum atomic E-state index is -0.211. The van der Waals surface area contributed by atoms with Crippen molar-refractivity contribution >= 4 is 45.4 Å². The zero-order valence-electron chi connectivity index (χ0n) is 15.1. The topological polar surface area (TPSA) is 58.2 Å². The minimum Gasteiger partial charge on any atom is -0.322 e. The second-order valence-corrected chi connectivity index (χ2v) is 8.28. The fourth-order valence-corrected chi connectivity index (χ4v) is 4.94. The van der Waals surface area contributed by atoms with Crippen molar-refractivity contribution in [1.82, 2.24) is 0 Å². The van der Waals surface area contributed by atoms with Crippen molar-refractivity contribution < 1.29 is 9.59 Å². The lowest BCUT2D eigenvalue weighted by Gasteiger charge is -2.10. The van der Waals surface area contributed by atoms with Crippen LogP contribution >= 0.6 is 22.9 Å². The van der Waals surface area contributed by atoms with E-state index in [2.05, 4.69) is 10.6 Å². The second kappa shape index (κ2) is 8.17. The molecule has 0 unspecified atom stereocenters. The van der Waals surface area contributed by atoms with E-state index in [1.807, 2.05) is 30.3 Å². The molecule has 0 bridgehead atoms. The van der Waals surface area contributed by atoms with E-state index in [0.717, 1.165) is 30.4 Å². The molecule has 0 aliphatic heterocycles. The molecule has 0 fully saturated rings. The van der Waals surface area contributed by atoms with Gasteiger partial charge in [0.15, 0.2) is 0 Å². The summed E-state index contributed by atoms with van der Waals surface area (Å²) >= 11 is 7.53. The van der Waals surface area contributed by atoms with Crippen LogP contribution < -0.4 is 10.6 Å². The Morgan fingerprint density at radius 2 is 1.82 bits per heavy atom. The van der Waals surface area contributed by atoms with Gasteiger partial charge in [-0.2, -0.15) is 0 Å². The number of fused-ring (bicyclic) bond motifs is 1. The van der Waals surface area contributed by atoms with Crippen LogP contribution in [0.15, 0.2) is 54.6 Å². The maximum absolute atomic E-state index is 13.0. The van der Waals surface area contributed by atoms with Gasteiger partial charge in [0.2, 0.25) is 5.91 Å². The average Bonchev–Trinajstić information content (AvgIpc) is 3.23. The summed E-state index contributed by atoms with van der Waals surface area (Å²) < 4.78 is 0. The van der Waals surface area contributed by atoms with E-state index >= 15 is 0 Å². The number of aryl methyl sites for hydroxylation is 1. The minimum absolute atomic E-state index is 0.122. The number of rotatable bonds is 5. The standard InChI is InChI=1S/C22H19ClN2O2S/c23-15-8-4-9-16(13-15)24-21(27)20-17-10-5-11-18(17)28-22(20)25-19(26)12-14-6-2-1-3-7-14/h1-4,6-9,13H,5,10-12H2,(H,24,27)(H,25,26). The maximum atomic E-state index is 13.0. The van der Waals surface area contributed by atoms with Crippen molar-refractivity contribution in [2.24, 2.45) is 0 Å². The molecule has 1 aromatic heterocycles. The Kier molecular flexibility index (Phi) is 5.46. The first-order valence-electron chi connectivity index (χ1n) is 9.15. The molecule has 1 aliphatic rings. The lowest BCUT2D eigenvalue weighted by atomic mass is 10.1. The number of anilines is 2. The highest BCUT2D eigenvalue weighted by Gasteiger charge is 2.27. The van der Waals surface area contributed by atoms with Crippen LogP contribution in [0.3, 0.4) is 0 Å². The lowest BCUT2D eigenvalue weighted by Crippen LogP contribution is -2.19. The Hall–Kier alpha value is -2.63. The molecular formula is C22H19ClN2O2S. The van der Waals surface area contributed by atoms with E-state index in [0.29, 0.717) is 21.3 Å². The molecule has 1 heterocycles. The molecule has 0 saturated heterocycles. The van der Waals surface area contributed by atoms with Crippen molar-refractivity contribution in [1.29, 1.82) is 0 Å². The lowest BCUT2D eigenvalue weighted by molar-refractivity contribution is -0.115. The Morgan fingerprint density at radius 3 is 2.61 bits per heavy atom. The largest absolute Gasteiger partial charge is 0.322 e. The third kappa shape index (κ3) is 4.11. The van der Waals surface area contributed by atoms with Crippen LogP contribution in [0.5, 0.6) is 0 Å². The van der Waals surface area contributed by atoms with E-state index in [1.54, 1.807) is 24.3 Å². The van der Waals surface area contributed by atoms with Gasteiger partial charge in [0, 0.05) is 15.6 Å². The molecular weight excluding hydrogens is 392 g/mol. The zero-order chi connectivity index (χ0) is 19.5. The monoisotopic (exact) mass is 410 g/mol. The summed E-state index contributed by atoms with van der Waals surface area (Å²) in [7, 11) is 0. The summed E-state index contributed by atoms with van der Waals surface area (Å²) in [5.41, 5.74) is 3.21. The number of carbonyl (C=O) groups is 2. The predicted octanol–water partition coefficient (Wildman–Crippen LogP) is 5.32. The Balaban J connectivity index is 1.56. The van der Waals surface area contributed by atoms with Crippen LogP contribution in [0.2, 0.25) is 5.02 Å². The van der Waals surface area contributed by atoms with Crippen LogP contribution in [-0.4, -0.2) is 11.8 Å². The molecule has 4 nitrogen and oxygen atoms in total. The summed E-state index contributed by atoms with van der Waals surface area (Å²) in [6, 6.07) is 16.6. The van der Waals surface area contributed by atoms with E-state index in [1.165, 1.54) is 16.2 Å². The SMILES string of the molecule is O=C(Cc1ccccc1)Nc1sc2c(c1C(=O)Nc1cccc(Cl)c1)CCC2. The zero-order valence-corrected chi connectivity index (χ0v) is 16.7. The summed E-state index contributed by atoms with van der Waals surface area (Å²) in [5, 5.41) is 7.06. The summed E-state index contributed by atoms with van der Waals surface area (Å²) in [6.07, 6.45) is 3.13. The first-order valence-corrected chi connectivity index (χ1v) is 10.3. The van der Waals surface area contributed by atoms with Gasteiger partial charge in [0.25, 0.3) is 5.91 Å². The van der Waals surface area contributed by atoms with E-state index in [-0.39, 0.29) is 18.2 Å². The number of benzene rings is 2. The number of thiophene rings is 1. The van der Waals surface area contributed by atoms with Gasteiger partial charge in [-0.3, -0.25) is 9.59 Å². The van der Waals surface area contributed by atoms with Gasteiger partial charge >= 0.3 is 0 Å². The van der Waals surface area contributed by atoms with E-state index in [4.69, 9.17) is 11.6 Å². The summed E-state index contributed by atoms with van der Waals surface area (Å²) in [6.45, 7) is 0. The van der Waals surface area contributed by atoms with Gasteiger partial charge in [-0.25, -0.2) is 0 Å². The fraction of sp³-hybridized carbons (Fsp3) is 0.182. The smallest absolute Gasteiger partial charge is 0.258 e. The van der Waals surface area contributed by atoms with Crippen molar-refractivity contribution in [2.75, 3.05) is 10.6 Å². The Labute approximate surface area is 172 Å². The third-order valence-electron chi connectivity index (χ3n) is 4.69. The molecule has 2 aromatic carbocycles. The third-order valence-corrected chi connectivity index (χ3v) is 6.13. The van der Waals surface area contributed by atoms with Crippen LogP contribution in [0.4, 0.5) is 10.7 Å². The molecule has 0 spiro atoms. The first-order chi connectivity index (χ1) is 13.6. The van der Waals surface area contributed by atoms with Crippen LogP contribution in [0, 0.1) is 0 Å². The molecule has 6 heteroatoms. The number of carbonyl (C=O) groups excluding carboxylic acids is 2. The van der Waals surface area contributed by atoms with E-state index in [9.17, 15) is 9.59 Å². The van der Waals surface area contributed by atoms with Gasteiger partial charge in [-0.05, 0) is 48.6 Å². The molecule has 142 valence electrons. The highest BCUT2D eigenvalue weighted by molar-refractivity contribution is 7.17. The van der Waals surface area contributed by atoms with Gasteiger partial charge in [0.1, 0.15) is 5.00 Å².